The Balaban J connectivity index is 2.26. The molecule has 1 aromatic carbocycles. The molecule has 0 fully saturated rings. The van der Waals surface area contributed by atoms with Gasteiger partial charge in [-0.3, -0.25) is 4.98 Å². The lowest BCUT2D eigenvalue weighted by Crippen LogP contribution is -1.95. The van der Waals surface area contributed by atoms with Crippen LogP contribution >= 0.6 is 0 Å². The highest BCUT2D eigenvalue weighted by Crippen LogP contribution is 2.27. The quantitative estimate of drug-likeness (QED) is 0.760. The van der Waals surface area contributed by atoms with Crippen molar-refractivity contribution in [3.05, 3.63) is 47.8 Å². The Hall–Kier alpha value is -2.69. The predicted molar refractivity (Wildman–Crippen MR) is 68.9 cm³/mol. The molecule has 0 saturated heterocycles. The summed E-state index contributed by atoms with van der Waals surface area (Å²) in [6.45, 7) is 1.85. The number of aryl methyl sites for hydroxylation is 1. The molecular weight excluding hydrogens is 244 g/mol. The molecule has 5 nitrogen and oxygen atoms in total. The maximum absolute atomic E-state index is 11.1. The SMILES string of the molecule is Cc1ncccc1-c1nc2cccc(C(=O)O)c2o1. The van der Waals surface area contributed by atoms with Crippen LogP contribution in [0.5, 0.6) is 0 Å². The van der Waals surface area contributed by atoms with Crippen LogP contribution in [-0.2, 0) is 0 Å². The summed E-state index contributed by atoms with van der Waals surface area (Å²) in [5.41, 5.74) is 2.46. The van der Waals surface area contributed by atoms with E-state index in [-0.39, 0.29) is 11.1 Å². The number of nitrogens with zero attached hydrogens (tertiary/aromatic N) is 2. The van der Waals surface area contributed by atoms with Crippen molar-refractivity contribution < 1.29 is 14.3 Å². The maximum atomic E-state index is 11.1. The van der Waals surface area contributed by atoms with Crippen LogP contribution in [-0.4, -0.2) is 21.0 Å². The molecule has 0 saturated carbocycles. The number of carboxylic acid groups (broad SMARTS) is 1. The van der Waals surface area contributed by atoms with Crippen LogP contribution in [0.25, 0.3) is 22.6 Å². The van der Waals surface area contributed by atoms with Gasteiger partial charge in [-0.2, -0.15) is 0 Å². The molecule has 0 unspecified atom stereocenters. The van der Waals surface area contributed by atoms with E-state index in [9.17, 15) is 4.79 Å². The van der Waals surface area contributed by atoms with Crippen molar-refractivity contribution in [1.82, 2.24) is 9.97 Å². The Morgan fingerprint density at radius 3 is 2.84 bits per heavy atom. The van der Waals surface area contributed by atoms with Crippen molar-refractivity contribution >= 4 is 17.1 Å². The highest BCUT2D eigenvalue weighted by molar-refractivity contribution is 6.00. The fourth-order valence-corrected chi connectivity index (χ4v) is 1.94. The molecule has 2 heterocycles. The van der Waals surface area contributed by atoms with Gasteiger partial charge >= 0.3 is 5.97 Å². The van der Waals surface area contributed by atoms with Crippen molar-refractivity contribution in [2.45, 2.75) is 6.92 Å². The third kappa shape index (κ3) is 1.85. The highest BCUT2D eigenvalue weighted by atomic mass is 16.4. The fraction of sp³-hybridized carbons (Fsp3) is 0.0714. The summed E-state index contributed by atoms with van der Waals surface area (Å²) in [5, 5.41) is 9.12. The number of hydrogen-bond donors (Lipinski definition) is 1. The molecule has 94 valence electrons. The lowest BCUT2D eigenvalue weighted by atomic mass is 10.2. The summed E-state index contributed by atoms with van der Waals surface area (Å²) in [6.07, 6.45) is 1.68. The van der Waals surface area contributed by atoms with Crippen LogP contribution in [0.15, 0.2) is 40.9 Å². The molecule has 5 heteroatoms. The van der Waals surface area contributed by atoms with Gasteiger partial charge < -0.3 is 9.52 Å². The molecular formula is C14H10N2O3. The van der Waals surface area contributed by atoms with Gasteiger partial charge in [0.05, 0.1) is 5.56 Å². The van der Waals surface area contributed by atoms with Gasteiger partial charge in [0.25, 0.3) is 0 Å². The van der Waals surface area contributed by atoms with Crippen molar-refractivity contribution in [3.63, 3.8) is 0 Å². The van der Waals surface area contributed by atoms with Crippen LogP contribution in [0.1, 0.15) is 16.1 Å². The molecule has 2 aromatic heterocycles. The first-order valence-corrected chi connectivity index (χ1v) is 5.71. The number of aromatic nitrogens is 2. The van der Waals surface area contributed by atoms with Crippen LogP contribution in [0, 0.1) is 6.92 Å². The summed E-state index contributed by atoms with van der Waals surface area (Å²) in [6, 6.07) is 8.49. The van der Waals surface area contributed by atoms with Crippen molar-refractivity contribution in [2.75, 3.05) is 0 Å². The van der Waals surface area contributed by atoms with Gasteiger partial charge in [-0.1, -0.05) is 6.07 Å². The maximum Gasteiger partial charge on any atom is 0.339 e. The summed E-state index contributed by atoms with van der Waals surface area (Å²) in [4.78, 5) is 19.6. The minimum Gasteiger partial charge on any atom is -0.478 e. The van der Waals surface area contributed by atoms with Gasteiger partial charge in [0.15, 0.2) is 5.58 Å². The second-order valence-corrected chi connectivity index (χ2v) is 4.11. The summed E-state index contributed by atoms with van der Waals surface area (Å²) in [7, 11) is 0. The van der Waals surface area contributed by atoms with Crippen molar-refractivity contribution in [3.8, 4) is 11.5 Å². The number of carboxylic acids is 1. The molecule has 0 aliphatic rings. The Bertz CT molecular complexity index is 777. The number of hydrogen-bond acceptors (Lipinski definition) is 4. The van der Waals surface area contributed by atoms with E-state index >= 15 is 0 Å². The topological polar surface area (TPSA) is 76.2 Å². The fourth-order valence-electron chi connectivity index (χ4n) is 1.94. The van der Waals surface area contributed by atoms with Gasteiger partial charge in [-0.05, 0) is 31.2 Å². The first-order valence-electron chi connectivity index (χ1n) is 5.71. The van der Waals surface area contributed by atoms with Gasteiger partial charge in [0, 0.05) is 11.9 Å². The smallest absolute Gasteiger partial charge is 0.339 e. The first-order chi connectivity index (χ1) is 9.16. The number of fused-ring (bicyclic) bond motifs is 1. The lowest BCUT2D eigenvalue weighted by molar-refractivity contribution is 0.0698. The molecule has 3 rings (SSSR count). The molecule has 0 bridgehead atoms. The van der Waals surface area contributed by atoms with Crippen LogP contribution in [0.4, 0.5) is 0 Å². The number of pyridine rings is 1. The van der Waals surface area contributed by atoms with Gasteiger partial charge in [0.1, 0.15) is 11.1 Å². The predicted octanol–water partition coefficient (Wildman–Crippen LogP) is 2.90. The number of benzene rings is 1. The Labute approximate surface area is 108 Å². The standard InChI is InChI=1S/C14H10N2O3/c1-8-9(5-3-7-15-8)13-16-11-6-2-4-10(14(17)18)12(11)19-13/h2-7H,1H3,(H,17,18). The second-order valence-electron chi connectivity index (χ2n) is 4.11. The minimum absolute atomic E-state index is 0.109. The van der Waals surface area contributed by atoms with E-state index < -0.39 is 5.97 Å². The molecule has 0 radical (unpaired) electrons. The van der Waals surface area contributed by atoms with Crippen LogP contribution in [0.3, 0.4) is 0 Å². The number of carbonyl (C=O) groups is 1. The minimum atomic E-state index is -1.03. The molecule has 0 amide bonds. The molecule has 19 heavy (non-hydrogen) atoms. The van der Waals surface area contributed by atoms with E-state index in [4.69, 9.17) is 9.52 Å². The van der Waals surface area contributed by atoms with Crippen molar-refractivity contribution in [2.24, 2.45) is 0 Å². The molecule has 3 aromatic rings. The molecule has 0 aliphatic heterocycles. The molecule has 0 spiro atoms. The average molecular weight is 254 g/mol. The summed E-state index contributed by atoms with van der Waals surface area (Å²) < 4.78 is 5.60. The lowest BCUT2D eigenvalue weighted by Gasteiger charge is -1.98. The normalized spacial score (nSPS) is 10.8. The second kappa shape index (κ2) is 4.20. The number of oxazole rings is 1. The third-order valence-corrected chi connectivity index (χ3v) is 2.88. The number of rotatable bonds is 2. The van der Waals surface area contributed by atoms with E-state index in [0.29, 0.717) is 11.4 Å². The van der Waals surface area contributed by atoms with Gasteiger partial charge in [0.2, 0.25) is 5.89 Å². The van der Waals surface area contributed by atoms with Crippen LogP contribution < -0.4 is 0 Å². The summed E-state index contributed by atoms with van der Waals surface area (Å²) in [5.74, 6) is -0.648. The highest BCUT2D eigenvalue weighted by Gasteiger charge is 2.16. The zero-order valence-electron chi connectivity index (χ0n) is 10.1. The first kappa shape index (κ1) is 11.4. The van der Waals surface area contributed by atoms with E-state index in [1.807, 2.05) is 13.0 Å². The monoisotopic (exact) mass is 254 g/mol. The third-order valence-electron chi connectivity index (χ3n) is 2.88. The van der Waals surface area contributed by atoms with E-state index in [1.165, 1.54) is 6.07 Å². The zero-order valence-corrected chi connectivity index (χ0v) is 10.1. The van der Waals surface area contributed by atoms with E-state index in [2.05, 4.69) is 9.97 Å². The molecule has 0 aliphatic carbocycles. The zero-order chi connectivity index (χ0) is 13.4. The van der Waals surface area contributed by atoms with Gasteiger partial charge in [-0.15, -0.1) is 0 Å². The van der Waals surface area contributed by atoms with Gasteiger partial charge in [-0.25, -0.2) is 9.78 Å². The largest absolute Gasteiger partial charge is 0.478 e. The molecule has 1 N–H and O–H groups in total. The Morgan fingerprint density at radius 1 is 1.26 bits per heavy atom. The number of para-hydroxylation sites is 1. The number of aromatic carboxylic acids is 1. The molecule has 0 atom stereocenters. The Morgan fingerprint density at radius 2 is 2.11 bits per heavy atom. The van der Waals surface area contributed by atoms with E-state index in [0.717, 1.165) is 11.3 Å². The average Bonchev–Trinajstić information content (AvgIpc) is 2.82. The van der Waals surface area contributed by atoms with Crippen molar-refractivity contribution in [1.29, 1.82) is 0 Å². The Kier molecular flexibility index (Phi) is 2.52. The summed E-state index contributed by atoms with van der Waals surface area (Å²) >= 11 is 0. The van der Waals surface area contributed by atoms with Crippen LogP contribution in [0.2, 0.25) is 0 Å². The van der Waals surface area contributed by atoms with E-state index in [1.54, 1.807) is 24.4 Å².